The molecule has 2 aliphatic rings. The molecule has 2 amide bonds. The van der Waals surface area contributed by atoms with Gasteiger partial charge in [0.1, 0.15) is 19.0 Å². The number of fused-ring (bicyclic) bond motifs is 1. The van der Waals surface area contributed by atoms with Gasteiger partial charge in [-0.05, 0) is 30.7 Å². The van der Waals surface area contributed by atoms with E-state index in [1.54, 1.807) is 13.0 Å². The van der Waals surface area contributed by atoms with Crippen LogP contribution in [0.15, 0.2) is 34.9 Å². The van der Waals surface area contributed by atoms with Gasteiger partial charge in [-0.1, -0.05) is 6.07 Å². The minimum Gasteiger partial charge on any atom is -0.486 e. The number of furan rings is 1. The number of hydrogen-bond donors (Lipinski definition) is 4. The third-order valence-corrected chi connectivity index (χ3v) is 4.65. The minimum absolute atomic E-state index is 0.270. The summed E-state index contributed by atoms with van der Waals surface area (Å²) in [4.78, 5) is 24.7. The lowest BCUT2D eigenvalue weighted by atomic mass is 9.94. The van der Waals surface area contributed by atoms with E-state index in [1.807, 2.05) is 18.2 Å². The molecule has 9 nitrogen and oxygen atoms in total. The number of carbonyl (C=O) groups is 2. The van der Waals surface area contributed by atoms with E-state index < -0.39 is 11.8 Å². The molecule has 1 saturated heterocycles. The number of ether oxygens (including phenoxy) is 2. The van der Waals surface area contributed by atoms with E-state index in [9.17, 15) is 9.59 Å². The smallest absolute Gasteiger partial charge is 0.273 e. The molecule has 2 aliphatic heterocycles. The van der Waals surface area contributed by atoms with Crippen LogP contribution in [-0.4, -0.2) is 31.6 Å². The highest BCUT2D eigenvalue weighted by molar-refractivity contribution is 5.96. The normalized spacial score (nSPS) is 20.9. The van der Waals surface area contributed by atoms with Crippen molar-refractivity contribution in [3.63, 3.8) is 0 Å². The Labute approximate surface area is 155 Å². The molecule has 0 bridgehead atoms. The lowest BCUT2D eigenvalue weighted by Crippen LogP contribution is -2.46. The predicted molar refractivity (Wildman–Crippen MR) is 93.9 cm³/mol. The molecule has 2 unspecified atom stereocenters. The number of aryl methyl sites for hydroxylation is 1. The Morgan fingerprint density at radius 2 is 1.93 bits per heavy atom. The van der Waals surface area contributed by atoms with Crippen molar-refractivity contribution in [1.29, 1.82) is 0 Å². The first-order valence-corrected chi connectivity index (χ1v) is 8.65. The molecule has 2 atom stereocenters. The summed E-state index contributed by atoms with van der Waals surface area (Å²) in [7, 11) is 0. The molecule has 27 heavy (non-hydrogen) atoms. The molecule has 1 fully saturated rings. The van der Waals surface area contributed by atoms with E-state index >= 15 is 0 Å². The van der Waals surface area contributed by atoms with Crippen LogP contribution < -0.4 is 31.2 Å². The van der Waals surface area contributed by atoms with Crippen LogP contribution in [0.4, 0.5) is 0 Å². The van der Waals surface area contributed by atoms with Crippen LogP contribution in [0.2, 0.25) is 0 Å². The molecule has 4 N–H and O–H groups in total. The van der Waals surface area contributed by atoms with E-state index in [2.05, 4.69) is 21.7 Å². The fraction of sp³-hybridized carbons (Fsp3) is 0.333. The van der Waals surface area contributed by atoms with E-state index in [0.29, 0.717) is 42.6 Å². The Morgan fingerprint density at radius 1 is 1.11 bits per heavy atom. The maximum absolute atomic E-state index is 12.6. The zero-order valence-corrected chi connectivity index (χ0v) is 14.7. The summed E-state index contributed by atoms with van der Waals surface area (Å²) in [6.45, 7) is 3.12. The van der Waals surface area contributed by atoms with E-state index in [-0.39, 0.29) is 11.9 Å². The average Bonchev–Trinajstić information content (AvgIpc) is 3.34. The number of hydrazine groups is 2. The SMILES string of the molecule is Cc1occc1C(=O)NNC(=O)C1CNNC1c1ccc2c(c1)OCCO2. The highest BCUT2D eigenvalue weighted by Crippen LogP contribution is 2.35. The first-order valence-electron chi connectivity index (χ1n) is 8.65. The van der Waals surface area contributed by atoms with Crippen LogP contribution in [0.1, 0.15) is 27.7 Å². The molecule has 1 aromatic heterocycles. The maximum atomic E-state index is 12.6. The molecule has 0 aliphatic carbocycles. The number of hydrogen-bond acceptors (Lipinski definition) is 7. The fourth-order valence-corrected chi connectivity index (χ4v) is 3.21. The van der Waals surface area contributed by atoms with Gasteiger partial charge in [-0.15, -0.1) is 0 Å². The second-order valence-corrected chi connectivity index (χ2v) is 6.35. The maximum Gasteiger partial charge on any atom is 0.273 e. The first kappa shape index (κ1) is 17.4. The lowest BCUT2D eigenvalue weighted by Gasteiger charge is -2.22. The Morgan fingerprint density at radius 3 is 2.70 bits per heavy atom. The number of nitrogens with one attached hydrogen (secondary N) is 4. The Bertz CT molecular complexity index is 865. The van der Waals surface area contributed by atoms with Crippen LogP contribution in [0.5, 0.6) is 11.5 Å². The average molecular weight is 372 g/mol. The topological polar surface area (TPSA) is 114 Å². The predicted octanol–water partition coefficient (Wildman–Crippen LogP) is 0.586. The molecule has 9 heteroatoms. The van der Waals surface area contributed by atoms with Crippen molar-refractivity contribution in [3.05, 3.63) is 47.4 Å². The van der Waals surface area contributed by atoms with Crippen LogP contribution >= 0.6 is 0 Å². The number of rotatable bonds is 3. The van der Waals surface area contributed by atoms with Crippen LogP contribution in [0, 0.1) is 12.8 Å². The van der Waals surface area contributed by atoms with Crippen molar-refractivity contribution >= 4 is 11.8 Å². The van der Waals surface area contributed by atoms with Crippen molar-refractivity contribution in [3.8, 4) is 11.5 Å². The molecule has 142 valence electrons. The summed E-state index contributed by atoms with van der Waals surface area (Å²) in [6, 6.07) is 6.88. The number of carbonyl (C=O) groups excluding carboxylic acids is 2. The minimum atomic E-state index is -0.426. The molecular weight excluding hydrogens is 352 g/mol. The van der Waals surface area contributed by atoms with Crippen LogP contribution in [0.25, 0.3) is 0 Å². The molecule has 2 aromatic rings. The quantitative estimate of drug-likeness (QED) is 0.583. The summed E-state index contributed by atoms with van der Waals surface area (Å²) in [5, 5.41) is 0. The fourth-order valence-electron chi connectivity index (χ4n) is 3.21. The number of benzene rings is 1. The molecular formula is C18H20N4O5. The van der Waals surface area contributed by atoms with Crippen LogP contribution in [-0.2, 0) is 4.79 Å². The van der Waals surface area contributed by atoms with E-state index in [1.165, 1.54) is 6.26 Å². The van der Waals surface area contributed by atoms with Crippen molar-refractivity contribution in [2.75, 3.05) is 19.8 Å². The Kier molecular flexibility index (Phi) is 4.69. The molecule has 1 aromatic carbocycles. The summed E-state index contributed by atoms with van der Waals surface area (Å²) in [5.41, 5.74) is 12.3. The van der Waals surface area contributed by atoms with Gasteiger partial charge in [0.05, 0.1) is 23.8 Å². The largest absolute Gasteiger partial charge is 0.486 e. The Hall–Kier alpha value is -3.04. The van der Waals surface area contributed by atoms with Gasteiger partial charge in [0.2, 0.25) is 5.91 Å². The third kappa shape index (κ3) is 3.46. The highest BCUT2D eigenvalue weighted by atomic mass is 16.6. The van der Waals surface area contributed by atoms with Crippen molar-refractivity contribution < 1.29 is 23.5 Å². The monoisotopic (exact) mass is 372 g/mol. The van der Waals surface area contributed by atoms with E-state index in [0.717, 1.165) is 5.56 Å². The van der Waals surface area contributed by atoms with Gasteiger partial charge >= 0.3 is 0 Å². The second-order valence-electron chi connectivity index (χ2n) is 6.35. The molecule has 3 heterocycles. The van der Waals surface area contributed by atoms with Gasteiger partial charge in [0, 0.05) is 6.54 Å². The zero-order valence-electron chi connectivity index (χ0n) is 14.7. The second kappa shape index (κ2) is 7.29. The zero-order chi connectivity index (χ0) is 18.8. The van der Waals surface area contributed by atoms with Gasteiger partial charge in [0.25, 0.3) is 5.91 Å². The summed E-state index contributed by atoms with van der Waals surface area (Å²) in [6.07, 6.45) is 1.43. The van der Waals surface area contributed by atoms with Gasteiger partial charge in [-0.3, -0.25) is 25.9 Å². The van der Waals surface area contributed by atoms with Gasteiger partial charge < -0.3 is 13.9 Å². The van der Waals surface area contributed by atoms with Crippen molar-refractivity contribution in [2.24, 2.45) is 5.92 Å². The van der Waals surface area contributed by atoms with Gasteiger partial charge in [-0.25, -0.2) is 5.43 Å². The molecule has 0 spiro atoms. The molecule has 0 saturated carbocycles. The standard InChI is InChI=1S/C18H20N4O5/c1-10-12(4-5-25-10)17(23)21-22-18(24)13-9-19-20-16(13)11-2-3-14-15(8-11)27-7-6-26-14/h2-5,8,13,16,19-20H,6-7,9H2,1H3,(H,21,23)(H,22,24). The molecule has 4 rings (SSSR count). The summed E-state index contributed by atoms with van der Waals surface area (Å²) in [5.74, 6) is 0.694. The van der Waals surface area contributed by atoms with E-state index in [4.69, 9.17) is 13.9 Å². The lowest BCUT2D eigenvalue weighted by molar-refractivity contribution is -0.125. The van der Waals surface area contributed by atoms with Gasteiger partial charge in [-0.2, -0.15) is 0 Å². The summed E-state index contributed by atoms with van der Waals surface area (Å²) >= 11 is 0. The third-order valence-electron chi connectivity index (χ3n) is 4.65. The number of amides is 2. The Balaban J connectivity index is 1.42. The highest BCUT2D eigenvalue weighted by Gasteiger charge is 2.35. The van der Waals surface area contributed by atoms with Crippen LogP contribution in [0.3, 0.4) is 0 Å². The first-order chi connectivity index (χ1) is 13.1. The van der Waals surface area contributed by atoms with Gasteiger partial charge in [0.15, 0.2) is 11.5 Å². The summed E-state index contributed by atoms with van der Waals surface area (Å²) < 4.78 is 16.2. The molecule has 0 radical (unpaired) electrons. The van der Waals surface area contributed by atoms with Crippen molar-refractivity contribution in [2.45, 2.75) is 13.0 Å². The van der Waals surface area contributed by atoms with Crippen molar-refractivity contribution in [1.82, 2.24) is 21.7 Å².